The predicted octanol–water partition coefficient (Wildman–Crippen LogP) is 9.62. The zero-order valence-electron chi connectivity index (χ0n) is 19.9. The summed E-state index contributed by atoms with van der Waals surface area (Å²) < 4.78 is 129. The van der Waals surface area contributed by atoms with Crippen molar-refractivity contribution < 1.29 is 44.3 Å². The van der Waals surface area contributed by atoms with E-state index in [1.807, 2.05) is 0 Å². The Morgan fingerprint density at radius 1 is 0.816 bits per heavy atom. The summed E-state index contributed by atoms with van der Waals surface area (Å²) in [7, 11) is 0. The fourth-order valence-corrected chi connectivity index (χ4v) is 3.55. The molecule has 3 aromatic rings. The molecule has 10 heteroatoms. The minimum Gasteiger partial charge on any atom is -0.432 e. The van der Waals surface area contributed by atoms with E-state index in [4.69, 9.17) is 0 Å². The molecule has 0 aliphatic heterocycles. The quantitative estimate of drug-likeness (QED) is 0.140. The van der Waals surface area contributed by atoms with Crippen molar-refractivity contribution >= 4 is 5.83 Å². The molecule has 0 spiro atoms. The smallest absolute Gasteiger partial charge is 0.398 e. The average Bonchev–Trinajstić information content (AvgIpc) is 2.86. The van der Waals surface area contributed by atoms with Crippen molar-refractivity contribution in [3.8, 4) is 16.9 Å². The molecular weight excluding hydrogens is 523 g/mol. The molecule has 0 saturated carbocycles. The van der Waals surface area contributed by atoms with Gasteiger partial charge in [0.15, 0.2) is 23.3 Å². The van der Waals surface area contributed by atoms with Crippen molar-refractivity contribution in [2.75, 3.05) is 0 Å². The number of halogens is 9. The van der Waals surface area contributed by atoms with Gasteiger partial charge in [0, 0.05) is 29.7 Å². The molecule has 0 bridgehead atoms. The van der Waals surface area contributed by atoms with Crippen LogP contribution >= 0.6 is 0 Å². The van der Waals surface area contributed by atoms with E-state index in [0.29, 0.717) is 6.42 Å². The fourth-order valence-electron chi connectivity index (χ4n) is 3.55. The van der Waals surface area contributed by atoms with Gasteiger partial charge < -0.3 is 4.74 Å². The Morgan fingerprint density at radius 3 is 1.95 bits per heavy atom. The molecule has 0 fully saturated rings. The Hall–Kier alpha value is -3.69. The van der Waals surface area contributed by atoms with Crippen molar-refractivity contribution in [2.45, 2.75) is 38.7 Å². The number of hydrogen-bond acceptors (Lipinski definition) is 1. The number of hydrogen-bond donors (Lipinski definition) is 0. The largest absolute Gasteiger partial charge is 0.432 e. The molecule has 0 radical (unpaired) electrons. The molecule has 3 aromatic carbocycles. The average molecular weight is 544 g/mol. The first-order valence-electron chi connectivity index (χ1n) is 11.4. The zero-order valence-corrected chi connectivity index (χ0v) is 19.9. The molecule has 0 heterocycles. The Bertz CT molecular complexity index is 1300. The van der Waals surface area contributed by atoms with E-state index in [2.05, 4.69) is 4.74 Å². The van der Waals surface area contributed by atoms with Crippen molar-refractivity contribution in [3.05, 3.63) is 107 Å². The Balaban J connectivity index is 1.72. The van der Waals surface area contributed by atoms with Crippen LogP contribution in [0.5, 0.6) is 5.75 Å². The highest BCUT2D eigenvalue weighted by atomic mass is 19.3. The van der Waals surface area contributed by atoms with Crippen molar-refractivity contribution in [1.82, 2.24) is 0 Å². The minimum absolute atomic E-state index is 0.0218. The molecule has 0 aliphatic carbocycles. The van der Waals surface area contributed by atoms with E-state index in [0.717, 1.165) is 12.1 Å². The summed E-state index contributed by atoms with van der Waals surface area (Å²) in [6, 6.07) is 7.34. The number of benzene rings is 3. The molecule has 0 N–H and O–H groups in total. The van der Waals surface area contributed by atoms with E-state index < -0.39 is 71.0 Å². The van der Waals surface area contributed by atoms with Gasteiger partial charge in [0.1, 0.15) is 23.2 Å². The summed E-state index contributed by atoms with van der Waals surface area (Å²) in [6.07, 6.45) is -2.62. The van der Waals surface area contributed by atoms with Gasteiger partial charge in [-0.15, -0.1) is 0 Å². The first-order valence-corrected chi connectivity index (χ1v) is 11.4. The third-order valence-electron chi connectivity index (χ3n) is 5.51. The van der Waals surface area contributed by atoms with Crippen LogP contribution in [0.2, 0.25) is 0 Å². The van der Waals surface area contributed by atoms with E-state index in [1.54, 1.807) is 19.1 Å². The van der Waals surface area contributed by atoms with Gasteiger partial charge in [-0.2, -0.15) is 8.78 Å². The van der Waals surface area contributed by atoms with E-state index in [9.17, 15) is 39.5 Å². The van der Waals surface area contributed by atoms with Crippen molar-refractivity contribution in [3.63, 3.8) is 0 Å². The molecule has 3 rings (SSSR count). The lowest BCUT2D eigenvalue weighted by Crippen LogP contribution is -2.26. The normalized spacial score (nSPS) is 12.7. The maximum Gasteiger partial charge on any atom is 0.398 e. The Morgan fingerprint density at radius 2 is 1.39 bits per heavy atom. The van der Waals surface area contributed by atoms with E-state index >= 15 is 0 Å². The van der Waals surface area contributed by atoms with E-state index in [-0.39, 0.29) is 35.2 Å². The van der Waals surface area contributed by atoms with E-state index in [1.165, 1.54) is 24.3 Å². The lowest BCUT2D eigenvalue weighted by atomic mass is 9.99. The van der Waals surface area contributed by atoms with Gasteiger partial charge >= 0.3 is 6.11 Å². The van der Waals surface area contributed by atoms with Crippen LogP contribution in [0.15, 0.2) is 66.5 Å². The highest BCUT2D eigenvalue weighted by molar-refractivity contribution is 5.68. The molecule has 0 atom stereocenters. The van der Waals surface area contributed by atoms with Gasteiger partial charge in [-0.1, -0.05) is 36.4 Å². The van der Waals surface area contributed by atoms with Crippen LogP contribution in [0.1, 0.15) is 37.3 Å². The molecule has 1 nitrogen and oxygen atoms in total. The summed E-state index contributed by atoms with van der Waals surface area (Å²) in [5.74, 6) is -10.7. The lowest BCUT2D eigenvalue weighted by Gasteiger charge is -2.19. The van der Waals surface area contributed by atoms with Gasteiger partial charge in [-0.25, -0.2) is 30.7 Å². The van der Waals surface area contributed by atoms with Gasteiger partial charge in [-0.3, -0.25) is 0 Å². The van der Waals surface area contributed by atoms with Crippen LogP contribution in [0.4, 0.5) is 39.5 Å². The first kappa shape index (κ1) is 28.9. The molecule has 0 aromatic heterocycles. The van der Waals surface area contributed by atoms with Crippen LogP contribution < -0.4 is 4.74 Å². The summed E-state index contributed by atoms with van der Waals surface area (Å²) >= 11 is 0. The Labute approximate surface area is 212 Å². The number of ether oxygens (including phenoxy) is 1. The molecule has 0 unspecified atom stereocenters. The summed E-state index contributed by atoms with van der Waals surface area (Å²) in [5.41, 5.74) is -0.475. The van der Waals surface area contributed by atoms with Gasteiger partial charge in [0.25, 0.3) is 0 Å². The second kappa shape index (κ2) is 12.2. The third-order valence-corrected chi connectivity index (χ3v) is 5.51. The molecule has 38 heavy (non-hydrogen) atoms. The van der Waals surface area contributed by atoms with Crippen LogP contribution in [-0.2, 0) is 6.42 Å². The maximum absolute atomic E-state index is 14.6. The highest BCUT2D eigenvalue weighted by Gasteiger charge is 2.33. The fraction of sp³-hybridized carbons (Fsp3) is 0.214. The second-order valence-corrected chi connectivity index (χ2v) is 8.26. The summed E-state index contributed by atoms with van der Waals surface area (Å²) in [6.45, 7) is 1.75. The summed E-state index contributed by atoms with van der Waals surface area (Å²) in [5, 5.41) is 0. The zero-order chi connectivity index (χ0) is 28.0. The molecular formula is C28H21F9O. The summed E-state index contributed by atoms with van der Waals surface area (Å²) in [4.78, 5) is 0. The topological polar surface area (TPSA) is 9.23 Å². The predicted molar refractivity (Wildman–Crippen MR) is 125 cm³/mol. The highest BCUT2D eigenvalue weighted by Crippen LogP contribution is 2.32. The van der Waals surface area contributed by atoms with Crippen LogP contribution in [-0.4, -0.2) is 6.11 Å². The lowest BCUT2D eigenvalue weighted by molar-refractivity contribution is -0.180. The molecule has 0 amide bonds. The third kappa shape index (κ3) is 7.20. The Kier molecular flexibility index (Phi) is 9.30. The minimum atomic E-state index is -4.09. The molecule has 202 valence electrons. The number of alkyl halides is 2. The first-order chi connectivity index (χ1) is 17.9. The number of rotatable bonds is 10. The van der Waals surface area contributed by atoms with Gasteiger partial charge in [0.05, 0.1) is 6.42 Å². The maximum atomic E-state index is 14.6. The number of allylic oxidation sites excluding steroid dienone is 3. The van der Waals surface area contributed by atoms with Crippen molar-refractivity contribution in [1.29, 1.82) is 0 Å². The van der Waals surface area contributed by atoms with Crippen LogP contribution in [0.25, 0.3) is 17.0 Å². The van der Waals surface area contributed by atoms with Gasteiger partial charge in [0.2, 0.25) is 0 Å². The van der Waals surface area contributed by atoms with Crippen molar-refractivity contribution in [2.24, 2.45) is 0 Å². The van der Waals surface area contributed by atoms with Crippen LogP contribution in [0.3, 0.4) is 0 Å². The molecule has 0 saturated heterocycles. The standard InChI is InChI=1S/C28H21F9O/c1-2-3-4-5-21(29)26(34)17-8-6-16(7-9-17)18-12-22(30)20(23(31)13-18)10-11-28(36,37)38-19-14-24(32)27(35)25(33)15-19/h2-3,6-9,12-15H,4-5,10-11H2,1H3. The molecule has 0 aliphatic rings. The van der Waals surface area contributed by atoms with Crippen LogP contribution in [0, 0.1) is 29.1 Å². The SMILES string of the molecule is CC=CCCC(F)=C(F)c1ccc(-c2cc(F)c(CCC(F)(F)Oc3cc(F)c(F)c(F)c3)c(F)c2)cc1. The monoisotopic (exact) mass is 544 g/mol. The van der Waals surface area contributed by atoms with Gasteiger partial charge in [-0.05, 0) is 43.0 Å². The second-order valence-electron chi connectivity index (χ2n) is 8.26.